The minimum atomic E-state index is 0.790. The van der Waals surface area contributed by atoms with Crippen LogP contribution in [0.15, 0.2) is 12.3 Å². The van der Waals surface area contributed by atoms with Crippen LogP contribution in [0.2, 0.25) is 0 Å². The first-order chi connectivity index (χ1) is 4.35. The number of carbonyl (C=O) groups excluding carboxylic acids is 1. The molecular formula is C7H13NO. The Labute approximate surface area is 56.2 Å². The largest absolute Gasteiger partial charge is 0.378 e. The first-order valence-electron chi connectivity index (χ1n) is 3.21. The molecule has 0 aliphatic carbocycles. The van der Waals surface area contributed by atoms with Gasteiger partial charge in [0, 0.05) is 19.3 Å². The van der Waals surface area contributed by atoms with Crippen LogP contribution in [-0.4, -0.2) is 24.3 Å². The Bertz CT molecular complexity index is 95.1. The molecule has 52 valence electrons. The highest BCUT2D eigenvalue weighted by molar-refractivity contribution is 5.64. The van der Waals surface area contributed by atoms with Crippen molar-refractivity contribution in [2.75, 3.05) is 13.1 Å². The van der Waals surface area contributed by atoms with Crippen molar-refractivity contribution in [2.45, 2.75) is 13.8 Å². The SMILES string of the molecule is CCN(C=CC=O)CC. The molecule has 0 aromatic carbocycles. The molecule has 0 aliphatic heterocycles. The summed E-state index contributed by atoms with van der Waals surface area (Å²) < 4.78 is 0. The van der Waals surface area contributed by atoms with Crippen LogP contribution in [0.25, 0.3) is 0 Å². The average molecular weight is 127 g/mol. The molecule has 2 heteroatoms. The molecule has 0 fully saturated rings. The van der Waals surface area contributed by atoms with E-state index in [9.17, 15) is 4.79 Å². The monoisotopic (exact) mass is 127 g/mol. The van der Waals surface area contributed by atoms with Gasteiger partial charge in [-0.2, -0.15) is 0 Å². The van der Waals surface area contributed by atoms with Crippen LogP contribution in [0.4, 0.5) is 0 Å². The van der Waals surface area contributed by atoms with Crippen LogP contribution in [0.5, 0.6) is 0 Å². The zero-order chi connectivity index (χ0) is 7.11. The van der Waals surface area contributed by atoms with Gasteiger partial charge in [-0.1, -0.05) is 0 Å². The van der Waals surface area contributed by atoms with Crippen LogP contribution in [0.3, 0.4) is 0 Å². The summed E-state index contributed by atoms with van der Waals surface area (Å²) in [5, 5.41) is 0. The first kappa shape index (κ1) is 8.21. The Hall–Kier alpha value is -0.790. The molecule has 0 rings (SSSR count). The molecule has 0 amide bonds. The number of rotatable bonds is 4. The molecule has 0 saturated heterocycles. The second kappa shape index (κ2) is 5.35. The summed E-state index contributed by atoms with van der Waals surface area (Å²) in [5.41, 5.74) is 0. The Kier molecular flexibility index (Phi) is 4.88. The molecule has 0 spiro atoms. The van der Waals surface area contributed by atoms with E-state index in [0.717, 1.165) is 19.4 Å². The number of allylic oxidation sites excluding steroid dienone is 1. The lowest BCUT2D eigenvalue weighted by atomic mass is 10.5. The van der Waals surface area contributed by atoms with Crippen LogP contribution >= 0.6 is 0 Å². The highest BCUT2D eigenvalue weighted by Crippen LogP contribution is 1.85. The molecule has 0 heterocycles. The number of aldehydes is 1. The number of hydrogen-bond acceptors (Lipinski definition) is 2. The molecule has 2 nitrogen and oxygen atoms in total. The number of carbonyl (C=O) groups is 1. The fourth-order valence-corrected chi connectivity index (χ4v) is 0.591. The van der Waals surface area contributed by atoms with E-state index < -0.39 is 0 Å². The third-order valence-corrected chi connectivity index (χ3v) is 1.19. The minimum absolute atomic E-state index is 0.790. The summed E-state index contributed by atoms with van der Waals surface area (Å²) in [6.45, 7) is 6.03. The van der Waals surface area contributed by atoms with Crippen molar-refractivity contribution in [3.63, 3.8) is 0 Å². The van der Waals surface area contributed by atoms with Crippen molar-refractivity contribution in [3.05, 3.63) is 12.3 Å². The van der Waals surface area contributed by atoms with Crippen LogP contribution in [0, 0.1) is 0 Å². The summed E-state index contributed by atoms with van der Waals surface area (Å²) in [5.74, 6) is 0. The van der Waals surface area contributed by atoms with Gasteiger partial charge in [-0.15, -0.1) is 0 Å². The zero-order valence-corrected chi connectivity index (χ0v) is 6.00. The molecule has 0 atom stereocenters. The van der Waals surface area contributed by atoms with Crippen LogP contribution < -0.4 is 0 Å². The molecule has 9 heavy (non-hydrogen) atoms. The van der Waals surface area contributed by atoms with Crippen LogP contribution in [0.1, 0.15) is 13.8 Å². The fourth-order valence-electron chi connectivity index (χ4n) is 0.591. The normalized spacial score (nSPS) is 10.0. The standard InChI is InChI=1S/C7H13NO/c1-3-8(4-2)6-5-7-9/h5-7H,3-4H2,1-2H3. The summed E-state index contributed by atoms with van der Waals surface area (Å²) >= 11 is 0. The fraction of sp³-hybridized carbons (Fsp3) is 0.571. The zero-order valence-electron chi connectivity index (χ0n) is 6.00. The van der Waals surface area contributed by atoms with Crippen molar-refractivity contribution in [3.8, 4) is 0 Å². The molecule has 0 radical (unpaired) electrons. The summed E-state index contributed by atoms with van der Waals surface area (Å²) in [4.78, 5) is 11.9. The Morgan fingerprint density at radius 2 is 1.89 bits per heavy atom. The summed E-state index contributed by atoms with van der Waals surface area (Å²) in [6, 6.07) is 0. The number of hydrogen-bond donors (Lipinski definition) is 0. The van der Waals surface area contributed by atoms with Gasteiger partial charge in [-0.05, 0) is 19.9 Å². The third kappa shape index (κ3) is 3.76. The van der Waals surface area contributed by atoms with Crippen LogP contribution in [-0.2, 0) is 4.79 Å². The predicted octanol–water partition coefficient (Wildman–Crippen LogP) is 1.04. The van der Waals surface area contributed by atoms with Gasteiger partial charge in [-0.25, -0.2) is 0 Å². The second-order valence-electron chi connectivity index (χ2n) is 1.70. The van der Waals surface area contributed by atoms with Crippen molar-refractivity contribution in [2.24, 2.45) is 0 Å². The van der Waals surface area contributed by atoms with Gasteiger partial charge in [0.15, 0.2) is 0 Å². The number of nitrogens with zero attached hydrogens (tertiary/aromatic N) is 1. The Morgan fingerprint density at radius 1 is 1.33 bits per heavy atom. The molecule has 0 aliphatic rings. The lowest BCUT2D eigenvalue weighted by Crippen LogP contribution is -2.14. The van der Waals surface area contributed by atoms with E-state index >= 15 is 0 Å². The Morgan fingerprint density at radius 3 is 2.22 bits per heavy atom. The van der Waals surface area contributed by atoms with Gasteiger partial charge in [0.25, 0.3) is 0 Å². The van der Waals surface area contributed by atoms with Crippen molar-refractivity contribution in [1.29, 1.82) is 0 Å². The van der Waals surface area contributed by atoms with Crippen molar-refractivity contribution >= 4 is 6.29 Å². The highest BCUT2D eigenvalue weighted by Gasteiger charge is 1.86. The maximum Gasteiger partial charge on any atom is 0.144 e. The van der Waals surface area contributed by atoms with E-state index in [4.69, 9.17) is 0 Å². The van der Waals surface area contributed by atoms with E-state index in [1.165, 1.54) is 6.08 Å². The first-order valence-corrected chi connectivity index (χ1v) is 3.21. The topological polar surface area (TPSA) is 20.3 Å². The smallest absolute Gasteiger partial charge is 0.144 e. The molecule has 0 N–H and O–H groups in total. The van der Waals surface area contributed by atoms with E-state index in [-0.39, 0.29) is 0 Å². The van der Waals surface area contributed by atoms with E-state index in [2.05, 4.69) is 18.7 Å². The van der Waals surface area contributed by atoms with Gasteiger partial charge in [0.1, 0.15) is 6.29 Å². The van der Waals surface area contributed by atoms with Gasteiger partial charge in [0.05, 0.1) is 0 Å². The predicted molar refractivity (Wildman–Crippen MR) is 38.1 cm³/mol. The molecule has 0 aromatic heterocycles. The molecule has 0 aromatic rings. The average Bonchev–Trinajstić information content (AvgIpc) is 1.91. The third-order valence-electron chi connectivity index (χ3n) is 1.19. The van der Waals surface area contributed by atoms with E-state index in [1.54, 1.807) is 6.20 Å². The van der Waals surface area contributed by atoms with Gasteiger partial charge in [0.2, 0.25) is 0 Å². The van der Waals surface area contributed by atoms with Crippen molar-refractivity contribution < 1.29 is 4.79 Å². The summed E-state index contributed by atoms with van der Waals surface area (Å²) in [7, 11) is 0. The van der Waals surface area contributed by atoms with Crippen molar-refractivity contribution in [1.82, 2.24) is 4.90 Å². The molecular weight excluding hydrogens is 114 g/mol. The van der Waals surface area contributed by atoms with E-state index in [0.29, 0.717) is 0 Å². The van der Waals surface area contributed by atoms with Gasteiger partial charge >= 0.3 is 0 Å². The maximum atomic E-state index is 9.83. The summed E-state index contributed by atoms with van der Waals surface area (Å²) in [6.07, 6.45) is 4.10. The lowest BCUT2D eigenvalue weighted by Gasteiger charge is -2.13. The van der Waals surface area contributed by atoms with Gasteiger partial charge < -0.3 is 4.90 Å². The second-order valence-corrected chi connectivity index (χ2v) is 1.70. The quantitative estimate of drug-likeness (QED) is 0.415. The highest BCUT2D eigenvalue weighted by atomic mass is 16.1. The Balaban J connectivity index is 3.53. The minimum Gasteiger partial charge on any atom is -0.378 e. The van der Waals surface area contributed by atoms with E-state index in [1.807, 2.05) is 0 Å². The molecule has 0 unspecified atom stereocenters. The lowest BCUT2D eigenvalue weighted by molar-refractivity contribution is -0.104. The molecule has 0 bridgehead atoms. The maximum absolute atomic E-state index is 9.83. The van der Waals surface area contributed by atoms with Gasteiger partial charge in [-0.3, -0.25) is 4.79 Å². The molecule has 0 saturated carbocycles.